The summed E-state index contributed by atoms with van der Waals surface area (Å²) >= 11 is 0. The van der Waals surface area contributed by atoms with Gasteiger partial charge in [-0.15, -0.1) is 0 Å². The van der Waals surface area contributed by atoms with Crippen molar-refractivity contribution in [2.75, 3.05) is 0 Å². The zero-order valence-electron chi connectivity index (χ0n) is 25.3. The van der Waals surface area contributed by atoms with Crippen molar-refractivity contribution in [1.82, 2.24) is 0 Å². The lowest BCUT2D eigenvalue weighted by atomic mass is 9.32. The number of esters is 1. The summed E-state index contributed by atoms with van der Waals surface area (Å²) in [4.78, 5) is 24.3. The van der Waals surface area contributed by atoms with Gasteiger partial charge < -0.3 is 9.84 Å². The van der Waals surface area contributed by atoms with Crippen LogP contribution in [0.5, 0.6) is 0 Å². The Morgan fingerprint density at radius 3 is 2.03 bits per heavy atom. The number of unbranched alkanes of at least 4 members (excludes halogenated alkanes) is 1. The quantitative estimate of drug-likeness (QED) is 0.381. The average molecular weight is 517 g/mol. The van der Waals surface area contributed by atoms with Crippen LogP contribution in [0.3, 0.4) is 0 Å². The maximum absolute atomic E-state index is 12.5. The molecule has 37 heavy (non-hydrogen) atoms. The van der Waals surface area contributed by atoms with Gasteiger partial charge in [-0.1, -0.05) is 67.7 Å². The van der Waals surface area contributed by atoms with Gasteiger partial charge >= 0.3 is 11.9 Å². The van der Waals surface area contributed by atoms with Crippen LogP contribution in [0.2, 0.25) is 0 Å². The van der Waals surface area contributed by atoms with Gasteiger partial charge in [0.15, 0.2) is 0 Å². The molecule has 0 amide bonds. The zero-order chi connectivity index (χ0) is 27.4. The summed E-state index contributed by atoms with van der Waals surface area (Å²) in [7, 11) is 0. The maximum Gasteiger partial charge on any atom is 0.309 e. The van der Waals surface area contributed by atoms with Crippen molar-refractivity contribution in [1.29, 1.82) is 0 Å². The Morgan fingerprint density at radius 2 is 1.43 bits per heavy atom. The van der Waals surface area contributed by atoms with Crippen LogP contribution in [-0.4, -0.2) is 23.1 Å². The molecule has 9 atom stereocenters. The monoisotopic (exact) mass is 516 g/mol. The number of carbonyl (C=O) groups excluding carboxylic acids is 1. The fourth-order valence-electron chi connectivity index (χ4n) is 11.3. The van der Waals surface area contributed by atoms with Crippen molar-refractivity contribution in [3.05, 3.63) is 0 Å². The third-order valence-corrected chi connectivity index (χ3v) is 13.5. The highest BCUT2D eigenvalue weighted by molar-refractivity contribution is 5.76. The Morgan fingerprint density at radius 1 is 0.757 bits per heavy atom. The Labute approximate surface area is 227 Å². The molecule has 8 unspecified atom stereocenters. The molecule has 0 saturated heterocycles. The van der Waals surface area contributed by atoms with Crippen LogP contribution >= 0.6 is 0 Å². The number of hydrogen-bond acceptors (Lipinski definition) is 3. The van der Waals surface area contributed by atoms with Crippen LogP contribution in [-0.2, 0) is 14.3 Å². The van der Waals surface area contributed by atoms with E-state index in [4.69, 9.17) is 4.74 Å². The zero-order valence-corrected chi connectivity index (χ0v) is 25.3. The van der Waals surface area contributed by atoms with E-state index in [0.717, 1.165) is 44.9 Å². The van der Waals surface area contributed by atoms with Crippen LogP contribution in [0.15, 0.2) is 0 Å². The first kappa shape index (κ1) is 28.9. The lowest BCUT2D eigenvalue weighted by Gasteiger charge is -2.72. The summed E-state index contributed by atoms with van der Waals surface area (Å²) < 4.78 is 5.85. The van der Waals surface area contributed by atoms with E-state index in [2.05, 4.69) is 48.5 Å². The topological polar surface area (TPSA) is 63.6 Å². The molecule has 5 aliphatic carbocycles. The second-order valence-corrected chi connectivity index (χ2v) is 15.1. The number of carboxylic acid groups (broad SMARTS) is 1. The minimum absolute atomic E-state index is 0.00572. The van der Waals surface area contributed by atoms with Gasteiger partial charge in [0.1, 0.15) is 6.10 Å². The lowest BCUT2D eigenvalue weighted by Crippen LogP contribution is -2.66. The second kappa shape index (κ2) is 9.84. The highest BCUT2D eigenvalue weighted by Crippen LogP contribution is 2.76. The highest BCUT2D eigenvalue weighted by Gasteiger charge is 2.71. The molecule has 0 aromatic carbocycles. The molecule has 0 aromatic rings. The van der Waals surface area contributed by atoms with Crippen molar-refractivity contribution >= 4 is 11.9 Å². The summed E-state index contributed by atoms with van der Waals surface area (Å²) in [6, 6.07) is 0. The van der Waals surface area contributed by atoms with Gasteiger partial charge in [-0.05, 0) is 104 Å². The van der Waals surface area contributed by atoms with E-state index in [1.807, 2.05) is 0 Å². The first-order valence-electron chi connectivity index (χ1n) is 15.6. The molecule has 5 aliphatic rings. The van der Waals surface area contributed by atoms with Crippen molar-refractivity contribution in [3.8, 4) is 0 Å². The fraction of sp³-hybridized carbons (Fsp3) is 0.939. The molecule has 1 N–H and O–H groups in total. The molecule has 0 radical (unpaired) electrons. The van der Waals surface area contributed by atoms with Crippen molar-refractivity contribution < 1.29 is 19.4 Å². The molecule has 5 fully saturated rings. The normalized spacial score (nSPS) is 47.7. The molecule has 212 valence electrons. The molecule has 0 aliphatic heterocycles. The smallest absolute Gasteiger partial charge is 0.309 e. The number of carbonyl (C=O) groups is 2. The molecule has 4 heteroatoms. The average Bonchev–Trinajstić information content (AvgIpc) is 3.27. The van der Waals surface area contributed by atoms with Gasteiger partial charge in [-0.2, -0.15) is 0 Å². The highest BCUT2D eigenvalue weighted by atomic mass is 16.5. The predicted molar refractivity (Wildman–Crippen MR) is 149 cm³/mol. The predicted octanol–water partition coefficient (Wildman–Crippen LogP) is 8.66. The summed E-state index contributed by atoms with van der Waals surface area (Å²) in [6.45, 7) is 18.3. The fourth-order valence-corrected chi connectivity index (χ4v) is 11.3. The van der Waals surface area contributed by atoms with E-state index in [0.29, 0.717) is 23.7 Å². The molecule has 5 rings (SSSR count). The SMILES string of the molecule is CC(=O)OC1CCC2(C)C(CCC3(C)C2CCC2C4CCCC4(C(=O)O)CC[C@]23C)C1(C)C.CCCC. The molecule has 0 spiro atoms. The van der Waals surface area contributed by atoms with Gasteiger partial charge in [0, 0.05) is 12.3 Å². The van der Waals surface area contributed by atoms with Crippen molar-refractivity contribution in [2.24, 2.45) is 50.7 Å². The Hall–Kier alpha value is -1.06. The minimum atomic E-state index is -0.513. The first-order valence-corrected chi connectivity index (χ1v) is 15.6. The molecule has 0 heterocycles. The second-order valence-electron chi connectivity index (χ2n) is 15.1. The summed E-state index contributed by atoms with van der Waals surface area (Å²) in [5, 5.41) is 10.3. The number of fused-ring (bicyclic) bond motifs is 7. The van der Waals surface area contributed by atoms with Crippen LogP contribution < -0.4 is 0 Å². The lowest BCUT2D eigenvalue weighted by molar-refractivity contribution is -0.248. The number of ether oxygens (including phenoxy) is 1. The van der Waals surface area contributed by atoms with E-state index >= 15 is 0 Å². The summed E-state index contributed by atoms with van der Waals surface area (Å²) in [5.74, 6) is 1.49. The number of hydrogen-bond donors (Lipinski definition) is 1. The number of aliphatic carboxylic acids is 1. The van der Waals surface area contributed by atoms with Crippen LogP contribution in [0.1, 0.15) is 139 Å². The summed E-state index contributed by atoms with van der Waals surface area (Å²) in [5.41, 5.74) is 0.304. The largest absolute Gasteiger partial charge is 0.481 e. The molecular formula is C33H56O4. The molecule has 5 saturated carbocycles. The van der Waals surface area contributed by atoms with E-state index < -0.39 is 11.4 Å². The van der Waals surface area contributed by atoms with E-state index in [1.54, 1.807) is 6.92 Å². The molecule has 4 nitrogen and oxygen atoms in total. The molecular weight excluding hydrogens is 460 g/mol. The van der Waals surface area contributed by atoms with Gasteiger partial charge in [0.25, 0.3) is 0 Å². The van der Waals surface area contributed by atoms with Crippen molar-refractivity contribution in [2.45, 2.75) is 145 Å². The third kappa shape index (κ3) is 4.12. The van der Waals surface area contributed by atoms with E-state index in [1.165, 1.54) is 38.5 Å². The Kier molecular flexibility index (Phi) is 7.70. The van der Waals surface area contributed by atoms with Crippen LogP contribution in [0, 0.1) is 50.7 Å². The number of carboxylic acids is 1. The van der Waals surface area contributed by atoms with Gasteiger partial charge in [0.2, 0.25) is 0 Å². The van der Waals surface area contributed by atoms with Gasteiger partial charge in [-0.25, -0.2) is 0 Å². The van der Waals surface area contributed by atoms with Gasteiger partial charge in [-0.3, -0.25) is 9.59 Å². The Bertz CT molecular complexity index is 878. The van der Waals surface area contributed by atoms with Crippen molar-refractivity contribution in [3.63, 3.8) is 0 Å². The minimum Gasteiger partial charge on any atom is -0.481 e. The first-order chi connectivity index (χ1) is 17.2. The van der Waals surface area contributed by atoms with Crippen LogP contribution in [0.4, 0.5) is 0 Å². The van der Waals surface area contributed by atoms with Gasteiger partial charge in [0.05, 0.1) is 5.41 Å². The third-order valence-electron chi connectivity index (χ3n) is 13.5. The van der Waals surface area contributed by atoms with E-state index in [-0.39, 0.29) is 33.7 Å². The Balaban J connectivity index is 0.000000747. The maximum atomic E-state index is 12.5. The van der Waals surface area contributed by atoms with E-state index in [9.17, 15) is 14.7 Å². The molecule has 0 aromatic heterocycles. The van der Waals surface area contributed by atoms with Crippen LogP contribution in [0.25, 0.3) is 0 Å². The standard InChI is InChI=1S/C29H46O4.C4H10/c1-18(30)33-23-12-14-26(4)21(25(23,2)3)11-15-28(6)22(26)10-9-19-20-8-7-13-29(20,24(31)32)17-16-27(19,28)5;1-3-4-2/h19-23H,7-17H2,1-6H3,(H,31,32);3-4H2,1-2H3/t19?,20?,21?,22?,23?,26?,27-,28?,29?;/m1./s1. The summed E-state index contributed by atoms with van der Waals surface area (Å²) in [6.07, 6.45) is 14.7. The number of rotatable bonds is 3. The molecule has 0 bridgehead atoms.